The molecule has 0 radical (unpaired) electrons. The molecule has 6 nitrogen and oxygen atoms in total. The molecule has 1 N–H and O–H groups in total. The summed E-state index contributed by atoms with van der Waals surface area (Å²) in [6, 6.07) is 21.0. The van der Waals surface area contributed by atoms with Crippen LogP contribution in [0.15, 0.2) is 83.8 Å². The highest BCUT2D eigenvalue weighted by Crippen LogP contribution is 2.24. The minimum Gasteiger partial charge on any atom is -0.350 e. The molecule has 3 aromatic rings. The Morgan fingerprint density at radius 1 is 0.912 bits per heavy atom. The van der Waals surface area contributed by atoms with Gasteiger partial charge in [0, 0.05) is 13.1 Å². The fraction of sp³-hybridized carbons (Fsp3) is 0.269. The van der Waals surface area contributed by atoms with Crippen LogP contribution in [0.25, 0.3) is 0 Å². The van der Waals surface area contributed by atoms with Crippen LogP contribution in [0.5, 0.6) is 0 Å². The third-order valence-corrected chi connectivity index (χ3v) is 7.61. The summed E-state index contributed by atoms with van der Waals surface area (Å²) in [4.78, 5) is 15.3. The molecule has 0 unspecified atom stereocenters. The topological polar surface area (TPSA) is 69.7 Å². The number of likely N-dealkylation sites (tertiary alicyclic amines) is 1. The smallest absolute Gasteiger partial charge is 0.264 e. The molecule has 1 aliphatic heterocycles. The second kappa shape index (κ2) is 10.8. The van der Waals surface area contributed by atoms with Crippen molar-refractivity contribution in [1.29, 1.82) is 0 Å². The summed E-state index contributed by atoms with van der Waals surface area (Å²) >= 11 is 0. The average molecular weight is 482 g/mol. The largest absolute Gasteiger partial charge is 0.350 e. The molecule has 0 atom stereocenters. The van der Waals surface area contributed by atoms with Crippen LogP contribution in [0.3, 0.4) is 0 Å². The molecule has 3 aromatic carbocycles. The van der Waals surface area contributed by atoms with E-state index in [1.165, 1.54) is 54.8 Å². The number of carbonyl (C=O) groups is 1. The number of hydrogen-bond acceptors (Lipinski definition) is 4. The third-order valence-electron chi connectivity index (χ3n) is 5.82. The van der Waals surface area contributed by atoms with E-state index < -0.39 is 28.3 Å². The van der Waals surface area contributed by atoms with Gasteiger partial charge in [-0.15, -0.1) is 0 Å². The van der Waals surface area contributed by atoms with E-state index in [1.54, 1.807) is 18.2 Å². The number of nitrogens with zero attached hydrogens (tertiary/aromatic N) is 2. The molecule has 0 saturated carbocycles. The van der Waals surface area contributed by atoms with E-state index in [9.17, 15) is 17.6 Å². The first-order chi connectivity index (χ1) is 16.4. The maximum Gasteiger partial charge on any atom is 0.264 e. The van der Waals surface area contributed by atoms with Crippen LogP contribution < -0.4 is 9.62 Å². The Bertz CT molecular complexity index is 1210. The van der Waals surface area contributed by atoms with E-state index in [0.29, 0.717) is 0 Å². The zero-order valence-corrected chi connectivity index (χ0v) is 19.7. The van der Waals surface area contributed by atoms with E-state index in [-0.39, 0.29) is 17.1 Å². The van der Waals surface area contributed by atoms with Crippen LogP contribution >= 0.6 is 0 Å². The van der Waals surface area contributed by atoms with Crippen molar-refractivity contribution in [2.45, 2.75) is 30.8 Å². The van der Waals surface area contributed by atoms with Crippen LogP contribution in [-0.4, -0.2) is 38.9 Å². The second-order valence-corrected chi connectivity index (χ2v) is 10.2. The summed E-state index contributed by atoms with van der Waals surface area (Å²) in [5.74, 6) is -0.937. The van der Waals surface area contributed by atoms with Crippen molar-refractivity contribution in [2.24, 2.45) is 0 Å². The lowest BCUT2D eigenvalue weighted by molar-refractivity contribution is -0.119. The molecule has 1 saturated heterocycles. The molecule has 0 aliphatic carbocycles. The fourth-order valence-corrected chi connectivity index (χ4v) is 5.51. The predicted molar refractivity (Wildman–Crippen MR) is 130 cm³/mol. The summed E-state index contributed by atoms with van der Waals surface area (Å²) < 4.78 is 41.0. The number of nitrogens with one attached hydrogen (secondary N) is 1. The average Bonchev–Trinajstić information content (AvgIpc) is 3.36. The monoisotopic (exact) mass is 481 g/mol. The van der Waals surface area contributed by atoms with Crippen LogP contribution in [0.2, 0.25) is 0 Å². The summed E-state index contributed by atoms with van der Waals surface area (Å²) in [6.07, 6.45) is 2.46. The molecule has 0 spiro atoms. The van der Waals surface area contributed by atoms with Crippen molar-refractivity contribution >= 4 is 21.6 Å². The zero-order chi connectivity index (χ0) is 24.0. The van der Waals surface area contributed by atoms with E-state index in [0.717, 1.165) is 29.5 Å². The van der Waals surface area contributed by atoms with Gasteiger partial charge >= 0.3 is 0 Å². The van der Waals surface area contributed by atoms with Crippen LogP contribution in [0.4, 0.5) is 10.1 Å². The number of rotatable bonds is 9. The number of hydrogen-bond donors (Lipinski definition) is 1. The van der Waals surface area contributed by atoms with E-state index in [2.05, 4.69) is 22.3 Å². The highest BCUT2D eigenvalue weighted by molar-refractivity contribution is 7.92. The number of sulfonamides is 1. The Balaban J connectivity index is 1.46. The van der Waals surface area contributed by atoms with Crippen LogP contribution in [-0.2, 0) is 27.9 Å². The molecule has 1 fully saturated rings. The van der Waals surface area contributed by atoms with E-state index in [1.807, 2.05) is 12.1 Å². The molecule has 0 aromatic heterocycles. The minimum atomic E-state index is -4.02. The number of amides is 1. The SMILES string of the molecule is O=C(CN(c1ccc(F)cc1)S(=O)(=O)c1ccccc1)NCc1cccc(CN2CCCC2)c1. The first-order valence-electron chi connectivity index (χ1n) is 11.3. The van der Waals surface area contributed by atoms with Gasteiger partial charge in [-0.1, -0.05) is 42.5 Å². The summed E-state index contributed by atoms with van der Waals surface area (Å²) in [5.41, 5.74) is 2.35. The Labute approximate surface area is 200 Å². The maximum absolute atomic E-state index is 13.5. The van der Waals surface area contributed by atoms with Crippen molar-refractivity contribution < 1.29 is 17.6 Å². The van der Waals surface area contributed by atoms with Crippen molar-refractivity contribution in [3.8, 4) is 0 Å². The lowest BCUT2D eigenvalue weighted by Gasteiger charge is -2.24. The molecule has 178 valence electrons. The van der Waals surface area contributed by atoms with Gasteiger partial charge in [-0.25, -0.2) is 12.8 Å². The minimum absolute atomic E-state index is 0.0572. The Morgan fingerprint density at radius 3 is 2.29 bits per heavy atom. The van der Waals surface area contributed by atoms with Gasteiger partial charge in [-0.05, 0) is 73.5 Å². The predicted octanol–water partition coefficient (Wildman–Crippen LogP) is 3.93. The van der Waals surface area contributed by atoms with Crippen LogP contribution in [0, 0.1) is 5.82 Å². The Kier molecular flexibility index (Phi) is 7.59. The third kappa shape index (κ3) is 6.01. The van der Waals surface area contributed by atoms with Crippen molar-refractivity contribution in [1.82, 2.24) is 10.2 Å². The molecular weight excluding hydrogens is 453 g/mol. The quantitative estimate of drug-likeness (QED) is 0.503. The van der Waals surface area contributed by atoms with E-state index in [4.69, 9.17) is 0 Å². The second-order valence-electron chi connectivity index (χ2n) is 8.38. The number of halogens is 1. The lowest BCUT2D eigenvalue weighted by Crippen LogP contribution is -2.40. The molecule has 1 aliphatic rings. The maximum atomic E-state index is 13.5. The fourth-order valence-electron chi connectivity index (χ4n) is 4.07. The molecule has 1 amide bonds. The number of anilines is 1. The van der Waals surface area contributed by atoms with Gasteiger partial charge in [-0.2, -0.15) is 0 Å². The lowest BCUT2D eigenvalue weighted by atomic mass is 10.1. The molecule has 0 bridgehead atoms. The van der Waals surface area contributed by atoms with Gasteiger partial charge in [0.1, 0.15) is 12.4 Å². The zero-order valence-electron chi connectivity index (χ0n) is 18.9. The van der Waals surface area contributed by atoms with Gasteiger partial charge in [0.2, 0.25) is 5.91 Å². The summed E-state index contributed by atoms with van der Waals surface area (Å²) in [6.45, 7) is 2.97. The number of carbonyl (C=O) groups excluding carboxylic acids is 1. The van der Waals surface area contributed by atoms with Gasteiger partial charge in [0.15, 0.2) is 0 Å². The first kappa shape index (κ1) is 23.9. The van der Waals surface area contributed by atoms with Crippen LogP contribution in [0.1, 0.15) is 24.0 Å². The van der Waals surface area contributed by atoms with Gasteiger partial charge in [-0.3, -0.25) is 14.0 Å². The van der Waals surface area contributed by atoms with Crippen molar-refractivity contribution in [2.75, 3.05) is 23.9 Å². The van der Waals surface area contributed by atoms with Gasteiger partial charge in [0.05, 0.1) is 10.6 Å². The highest BCUT2D eigenvalue weighted by Gasteiger charge is 2.27. The normalized spacial score (nSPS) is 14.1. The standard InChI is InChI=1S/C26H28FN3O3S/c27-23-11-13-24(14-12-23)30(34(32,33)25-9-2-1-3-10-25)20-26(31)28-18-21-7-6-8-22(17-21)19-29-15-4-5-16-29/h1-3,6-14,17H,4-5,15-16,18-20H2,(H,28,31). The highest BCUT2D eigenvalue weighted by atomic mass is 32.2. The first-order valence-corrected chi connectivity index (χ1v) is 12.8. The van der Waals surface area contributed by atoms with E-state index >= 15 is 0 Å². The molecular formula is C26H28FN3O3S. The molecule has 8 heteroatoms. The Morgan fingerprint density at radius 2 is 1.59 bits per heavy atom. The van der Waals surface area contributed by atoms with Crippen molar-refractivity contribution in [3.05, 3.63) is 95.8 Å². The Hall–Kier alpha value is -3.23. The summed E-state index contributed by atoms with van der Waals surface area (Å²) in [5, 5.41) is 2.82. The molecule has 1 heterocycles. The van der Waals surface area contributed by atoms with Gasteiger partial charge < -0.3 is 5.32 Å². The number of benzene rings is 3. The molecule has 34 heavy (non-hydrogen) atoms. The summed E-state index contributed by atoms with van der Waals surface area (Å²) in [7, 11) is -4.02. The van der Waals surface area contributed by atoms with Crippen molar-refractivity contribution in [3.63, 3.8) is 0 Å². The van der Waals surface area contributed by atoms with Gasteiger partial charge in [0.25, 0.3) is 10.0 Å². The molecule has 4 rings (SSSR count).